The maximum absolute atomic E-state index is 10.2. The standard InChI is InChI=1S/C12H19BrO2/c1-3-5-9(6-4-2)11(14)12-10(13)7-8-15-12/h7-9,11,14H,3-6H2,1-2H3. The molecule has 1 aromatic heterocycles. The van der Waals surface area contributed by atoms with E-state index in [1.54, 1.807) is 6.26 Å². The molecule has 0 bridgehead atoms. The fourth-order valence-electron chi connectivity index (χ4n) is 1.93. The topological polar surface area (TPSA) is 33.4 Å². The number of furan rings is 1. The molecule has 1 N–H and O–H groups in total. The molecule has 0 saturated carbocycles. The summed E-state index contributed by atoms with van der Waals surface area (Å²) in [5, 5.41) is 10.2. The van der Waals surface area contributed by atoms with E-state index in [1.807, 2.05) is 6.07 Å². The average molecular weight is 275 g/mol. The lowest BCUT2D eigenvalue weighted by atomic mass is 9.91. The van der Waals surface area contributed by atoms with Crippen LogP contribution >= 0.6 is 15.9 Å². The molecule has 0 radical (unpaired) electrons. The second kappa shape index (κ2) is 6.33. The molecule has 0 fully saturated rings. The van der Waals surface area contributed by atoms with E-state index in [1.165, 1.54) is 0 Å². The van der Waals surface area contributed by atoms with E-state index in [2.05, 4.69) is 29.8 Å². The molecule has 1 heterocycles. The van der Waals surface area contributed by atoms with Crippen LogP contribution in [0.4, 0.5) is 0 Å². The Labute approximate surface area is 99.8 Å². The Bertz CT molecular complexity index is 277. The molecule has 1 unspecified atom stereocenters. The van der Waals surface area contributed by atoms with Gasteiger partial charge in [0.1, 0.15) is 11.9 Å². The summed E-state index contributed by atoms with van der Waals surface area (Å²) in [6, 6.07) is 1.83. The van der Waals surface area contributed by atoms with Crippen molar-refractivity contribution >= 4 is 15.9 Å². The highest BCUT2D eigenvalue weighted by Gasteiger charge is 2.23. The Kier molecular flexibility index (Phi) is 5.40. The fraction of sp³-hybridized carbons (Fsp3) is 0.667. The molecule has 0 aliphatic carbocycles. The zero-order valence-electron chi connectivity index (χ0n) is 9.37. The highest BCUT2D eigenvalue weighted by Crippen LogP contribution is 2.34. The Morgan fingerprint density at radius 2 is 1.93 bits per heavy atom. The molecule has 1 atom stereocenters. The number of aliphatic hydroxyl groups excluding tert-OH is 1. The van der Waals surface area contributed by atoms with E-state index < -0.39 is 6.10 Å². The molecule has 0 amide bonds. The lowest BCUT2D eigenvalue weighted by Crippen LogP contribution is -2.12. The molecular weight excluding hydrogens is 256 g/mol. The summed E-state index contributed by atoms with van der Waals surface area (Å²) >= 11 is 3.38. The minimum atomic E-state index is -0.478. The summed E-state index contributed by atoms with van der Waals surface area (Å²) < 4.78 is 6.17. The van der Waals surface area contributed by atoms with E-state index in [4.69, 9.17) is 4.42 Å². The van der Waals surface area contributed by atoms with Crippen molar-refractivity contribution in [2.45, 2.75) is 45.6 Å². The van der Waals surface area contributed by atoms with Gasteiger partial charge in [0.2, 0.25) is 0 Å². The number of halogens is 1. The number of hydrogen-bond acceptors (Lipinski definition) is 2. The third-order valence-electron chi connectivity index (χ3n) is 2.68. The monoisotopic (exact) mass is 274 g/mol. The summed E-state index contributed by atoms with van der Waals surface area (Å²) in [5.74, 6) is 0.976. The quantitative estimate of drug-likeness (QED) is 0.840. The van der Waals surface area contributed by atoms with Gasteiger partial charge in [-0.25, -0.2) is 0 Å². The second-order valence-electron chi connectivity index (χ2n) is 3.92. The van der Waals surface area contributed by atoms with E-state index in [0.29, 0.717) is 11.7 Å². The normalized spacial score (nSPS) is 13.4. The van der Waals surface area contributed by atoms with Gasteiger partial charge in [-0.3, -0.25) is 0 Å². The molecule has 0 spiro atoms. The molecule has 3 heteroatoms. The lowest BCUT2D eigenvalue weighted by Gasteiger charge is -2.20. The molecule has 0 aliphatic heterocycles. The summed E-state index contributed by atoms with van der Waals surface area (Å²) in [5.41, 5.74) is 0. The maximum atomic E-state index is 10.2. The van der Waals surface area contributed by atoms with Gasteiger partial charge in [-0.15, -0.1) is 0 Å². The molecular formula is C12H19BrO2. The first-order valence-electron chi connectivity index (χ1n) is 5.61. The van der Waals surface area contributed by atoms with Gasteiger partial charge in [-0.05, 0) is 40.8 Å². The van der Waals surface area contributed by atoms with Gasteiger partial charge < -0.3 is 9.52 Å². The third-order valence-corrected chi connectivity index (χ3v) is 3.33. The Morgan fingerprint density at radius 1 is 1.33 bits per heavy atom. The first kappa shape index (κ1) is 12.8. The van der Waals surface area contributed by atoms with Gasteiger partial charge in [0.25, 0.3) is 0 Å². The van der Waals surface area contributed by atoms with Crippen LogP contribution in [0.25, 0.3) is 0 Å². The summed E-state index contributed by atoms with van der Waals surface area (Å²) in [6.45, 7) is 4.29. The summed E-state index contributed by atoms with van der Waals surface area (Å²) in [7, 11) is 0. The van der Waals surface area contributed by atoms with Crippen molar-refractivity contribution in [3.05, 3.63) is 22.6 Å². The fourth-order valence-corrected chi connectivity index (χ4v) is 2.37. The van der Waals surface area contributed by atoms with Gasteiger partial charge in [0.15, 0.2) is 0 Å². The molecule has 15 heavy (non-hydrogen) atoms. The van der Waals surface area contributed by atoms with Crippen LogP contribution in [0.5, 0.6) is 0 Å². The van der Waals surface area contributed by atoms with Crippen LogP contribution in [0.2, 0.25) is 0 Å². The maximum Gasteiger partial charge on any atom is 0.146 e. The molecule has 0 aliphatic rings. The smallest absolute Gasteiger partial charge is 0.146 e. The van der Waals surface area contributed by atoms with Crippen molar-refractivity contribution < 1.29 is 9.52 Å². The van der Waals surface area contributed by atoms with E-state index in [-0.39, 0.29) is 0 Å². The minimum absolute atomic E-state index is 0.308. The highest BCUT2D eigenvalue weighted by atomic mass is 79.9. The van der Waals surface area contributed by atoms with Crippen LogP contribution in [0.1, 0.15) is 51.4 Å². The van der Waals surface area contributed by atoms with Gasteiger partial charge in [0, 0.05) is 0 Å². The predicted molar refractivity (Wildman–Crippen MR) is 64.7 cm³/mol. The first-order valence-corrected chi connectivity index (χ1v) is 6.40. The molecule has 0 saturated heterocycles. The van der Waals surface area contributed by atoms with Crippen molar-refractivity contribution in [2.24, 2.45) is 5.92 Å². The van der Waals surface area contributed by atoms with Crippen molar-refractivity contribution in [3.8, 4) is 0 Å². The second-order valence-corrected chi connectivity index (χ2v) is 4.77. The van der Waals surface area contributed by atoms with Gasteiger partial charge >= 0.3 is 0 Å². The van der Waals surface area contributed by atoms with E-state index in [0.717, 1.165) is 30.2 Å². The van der Waals surface area contributed by atoms with Gasteiger partial charge in [-0.2, -0.15) is 0 Å². The zero-order chi connectivity index (χ0) is 11.3. The predicted octanol–water partition coefficient (Wildman–Crippen LogP) is 4.29. The van der Waals surface area contributed by atoms with E-state index >= 15 is 0 Å². The zero-order valence-corrected chi connectivity index (χ0v) is 11.0. The van der Waals surface area contributed by atoms with Crippen molar-refractivity contribution in [1.29, 1.82) is 0 Å². The average Bonchev–Trinajstić information content (AvgIpc) is 2.63. The molecule has 0 aromatic carbocycles. The third kappa shape index (κ3) is 3.35. The van der Waals surface area contributed by atoms with Crippen LogP contribution in [0.15, 0.2) is 21.2 Å². The van der Waals surface area contributed by atoms with Crippen molar-refractivity contribution in [1.82, 2.24) is 0 Å². The Balaban J connectivity index is 2.71. The summed E-state index contributed by atoms with van der Waals surface area (Å²) in [4.78, 5) is 0. The van der Waals surface area contributed by atoms with Crippen molar-refractivity contribution in [3.63, 3.8) is 0 Å². The molecule has 1 aromatic rings. The van der Waals surface area contributed by atoms with E-state index in [9.17, 15) is 5.11 Å². The minimum Gasteiger partial charge on any atom is -0.465 e. The Morgan fingerprint density at radius 3 is 2.33 bits per heavy atom. The molecule has 1 rings (SSSR count). The number of hydrogen-bond donors (Lipinski definition) is 1. The van der Waals surface area contributed by atoms with Crippen LogP contribution in [0, 0.1) is 5.92 Å². The van der Waals surface area contributed by atoms with Gasteiger partial charge in [0.05, 0.1) is 10.7 Å². The van der Waals surface area contributed by atoms with Crippen LogP contribution < -0.4 is 0 Å². The van der Waals surface area contributed by atoms with Crippen molar-refractivity contribution in [2.75, 3.05) is 0 Å². The lowest BCUT2D eigenvalue weighted by molar-refractivity contribution is 0.0746. The number of rotatable bonds is 6. The van der Waals surface area contributed by atoms with Crippen LogP contribution in [0.3, 0.4) is 0 Å². The summed E-state index contributed by atoms with van der Waals surface area (Å²) in [6.07, 6.45) is 5.41. The largest absolute Gasteiger partial charge is 0.465 e. The highest BCUT2D eigenvalue weighted by molar-refractivity contribution is 9.10. The SMILES string of the molecule is CCCC(CCC)C(O)c1occc1Br. The first-order chi connectivity index (χ1) is 7.20. The number of aliphatic hydroxyl groups is 1. The van der Waals surface area contributed by atoms with Crippen LogP contribution in [-0.2, 0) is 0 Å². The van der Waals surface area contributed by atoms with Gasteiger partial charge in [-0.1, -0.05) is 26.7 Å². The molecule has 86 valence electrons. The Hall–Kier alpha value is -0.280. The molecule has 2 nitrogen and oxygen atoms in total. The van der Waals surface area contributed by atoms with Crippen LogP contribution in [-0.4, -0.2) is 5.11 Å².